The number of sulfonamides is 1. The fourth-order valence-corrected chi connectivity index (χ4v) is 4.34. The molecule has 27 heavy (non-hydrogen) atoms. The summed E-state index contributed by atoms with van der Waals surface area (Å²) in [5, 5.41) is 2.94. The highest BCUT2D eigenvalue weighted by Gasteiger charge is 2.29. The van der Waals surface area contributed by atoms with E-state index < -0.39 is 15.4 Å². The molecule has 1 N–H and O–H groups in total. The first-order valence-corrected chi connectivity index (χ1v) is 10.6. The molecule has 1 amide bonds. The highest BCUT2D eigenvalue weighted by Crippen LogP contribution is 2.23. The molecule has 0 fully saturated rings. The maximum Gasteiger partial charge on any atom is 0.243 e. The van der Waals surface area contributed by atoms with Crippen LogP contribution in [0.4, 0.5) is 0 Å². The van der Waals surface area contributed by atoms with Gasteiger partial charge in [0, 0.05) is 19.6 Å². The molecular formula is C21H28N2O3S. The second-order valence-corrected chi connectivity index (χ2v) is 8.84. The van der Waals surface area contributed by atoms with Crippen molar-refractivity contribution in [3.8, 4) is 0 Å². The van der Waals surface area contributed by atoms with Crippen LogP contribution in [-0.4, -0.2) is 31.7 Å². The third kappa shape index (κ3) is 4.76. The summed E-state index contributed by atoms with van der Waals surface area (Å²) in [7, 11) is -3.46. The molecule has 6 heteroatoms. The maximum absolute atomic E-state index is 12.6. The summed E-state index contributed by atoms with van der Waals surface area (Å²) in [5.74, 6) is -0.0754. The van der Waals surface area contributed by atoms with Crippen molar-refractivity contribution >= 4 is 15.9 Å². The Kier molecular flexibility index (Phi) is 6.78. The molecule has 2 aromatic rings. The van der Waals surface area contributed by atoms with Gasteiger partial charge in [-0.2, -0.15) is 4.31 Å². The van der Waals surface area contributed by atoms with Crippen LogP contribution in [0.15, 0.2) is 59.5 Å². The number of rotatable bonds is 8. The molecule has 0 heterocycles. The van der Waals surface area contributed by atoms with Gasteiger partial charge in [-0.3, -0.25) is 4.79 Å². The zero-order valence-electron chi connectivity index (χ0n) is 16.4. The van der Waals surface area contributed by atoms with Gasteiger partial charge in [0.25, 0.3) is 0 Å². The number of hydrogen-bond acceptors (Lipinski definition) is 3. The van der Waals surface area contributed by atoms with E-state index in [9.17, 15) is 13.2 Å². The average molecular weight is 389 g/mol. The van der Waals surface area contributed by atoms with Crippen LogP contribution in [0.25, 0.3) is 0 Å². The Morgan fingerprint density at radius 1 is 0.963 bits per heavy atom. The van der Waals surface area contributed by atoms with Crippen LogP contribution in [0.5, 0.6) is 0 Å². The molecule has 0 atom stereocenters. The van der Waals surface area contributed by atoms with Crippen molar-refractivity contribution in [2.45, 2.75) is 44.6 Å². The zero-order chi connectivity index (χ0) is 20.1. The van der Waals surface area contributed by atoms with E-state index in [1.165, 1.54) is 4.31 Å². The van der Waals surface area contributed by atoms with Crippen LogP contribution in [-0.2, 0) is 26.8 Å². The lowest BCUT2D eigenvalue weighted by atomic mass is 9.84. The molecule has 0 aliphatic rings. The van der Waals surface area contributed by atoms with Crippen molar-refractivity contribution in [3.05, 3.63) is 65.7 Å². The average Bonchev–Trinajstić information content (AvgIpc) is 2.67. The standard InChI is InChI=1S/C21H28N2O3S/c1-5-23(6-2)27(25,26)19-14-12-17(13-15-19)16-22-20(24)21(3,4)18-10-8-7-9-11-18/h7-15H,5-6,16H2,1-4H3,(H,22,24). The van der Waals surface area contributed by atoms with Crippen LogP contribution in [0.3, 0.4) is 0 Å². The predicted molar refractivity (Wildman–Crippen MR) is 108 cm³/mol. The van der Waals surface area contributed by atoms with Crippen LogP contribution < -0.4 is 5.32 Å². The van der Waals surface area contributed by atoms with Crippen LogP contribution in [0, 0.1) is 0 Å². The van der Waals surface area contributed by atoms with E-state index in [2.05, 4.69) is 5.32 Å². The molecule has 0 radical (unpaired) electrons. The SMILES string of the molecule is CCN(CC)S(=O)(=O)c1ccc(CNC(=O)C(C)(C)c2ccccc2)cc1. The van der Waals surface area contributed by atoms with Crippen LogP contribution >= 0.6 is 0 Å². The van der Waals surface area contributed by atoms with Crippen molar-refractivity contribution in [2.24, 2.45) is 0 Å². The van der Waals surface area contributed by atoms with Crippen molar-refractivity contribution in [2.75, 3.05) is 13.1 Å². The molecular weight excluding hydrogens is 360 g/mol. The number of hydrogen-bond donors (Lipinski definition) is 1. The fourth-order valence-electron chi connectivity index (χ4n) is 2.88. The van der Waals surface area contributed by atoms with E-state index in [1.807, 2.05) is 58.0 Å². The Morgan fingerprint density at radius 2 is 1.52 bits per heavy atom. The molecule has 0 aromatic heterocycles. The minimum absolute atomic E-state index is 0.0754. The van der Waals surface area contributed by atoms with Gasteiger partial charge in [-0.1, -0.05) is 56.3 Å². The Bertz CT molecular complexity index is 856. The van der Waals surface area contributed by atoms with Gasteiger partial charge < -0.3 is 5.32 Å². The first-order chi connectivity index (χ1) is 12.7. The van der Waals surface area contributed by atoms with Gasteiger partial charge in [-0.25, -0.2) is 8.42 Å². The molecule has 2 aromatic carbocycles. The lowest BCUT2D eigenvalue weighted by Gasteiger charge is -2.24. The number of amides is 1. The van der Waals surface area contributed by atoms with Crippen molar-refractivity contribution in [3.63, 3.8) is 0 Å². The lowest BCUT2D eigenvalue weighted by molar-refractivity contribution is -0.125. The van der Waals surface area contributed by atoms with Gasteiger partial charge in [0.2, 0.25) is 15.9 Å². The Balaban J connectivity index is 2.06. The number of carbonyl (C=O) groups is 1. The molecule has 2 rings (SSSR count). The summed E-state index contributed by atoms with van der Waals surface area (Å²) in [4.78, 5) is 12.9. The van der Waals surface area contributed by atoms with E-state index in [0.29, 0.717) is 19.6 Å². The lowest BCUT2D eigenvalue weighted by Crippen LogP contribution is -2.39. The summed E-state index contributed by atoms with van der Waals surface area (Å²) < 4.78 is 26.5. The topological polar surface area (TPSA) is 66.5 Å². The number of benzene rings is 2. The Hall–Kier alpha value is -2.18. The maximum atomic E-state index is 12.6. The molecule has 0 spiro atoms. The minimum atomic E-state index is -3.46. The third-order valence-corrected chi connectivity index (χ3v) is 6.85. The van der Waals surface area contributed by atoms with Gasteiger partial charge in [0.15, 0.2) is 0 Å². The van der Waals surface area contributed by atoms with Gasteiger partial charge in [0.1, 0.15) is 0 Å². The van der Waals surface area contributed by atoms with Gasteiger partial charge >= 0.3 is 0 Å². The number of carbonyl (C=O) groups excluding carboxylic acids is 1. The van der Waals surface area contributed by atoms with E-state index in [-0.39, 0.29) is 10.8 Å². The van der Waals surface area contributed by atoms with E-state index in [1.54, 1.807) is 24.3 Å². The van der Waals surface area contributed by atoms with Crippen molar-refractivity contribution < 1.29 is 13.2 Å². The smallest absolute Gasteiger partial charge is 0.243 e. The molecule has 5 nitrogen and oxygen atoms in total. The van der Waals surface area contributed by atoms with Gasteiger partial charge in [0.05, 0.1) is 10.3 Å². The summed E-state index contributed by atoms with van der Waals surface area (Å²) >= 11 is 0. The molecule has 0 saturated heterocycles. The van der Waals surface area contributed by atoms with Crippen LogP contribution in [0.2, 0.25) is 0 Å². The first-order valence-electron chi connectivity index (χ1n) is 9.16. The number of nitrogens with one attached hydrogen (secondary N) is 1. The molecule has 0 unspecified atom stereocenters. The molecule has 0 bridgehead atoms. The molecule has 0 saturated carbocycles. The monoisotopic (exact) mass is 388 g/mol. The Labute approximate surface area is 162 Å². The first kappa shape index (κ1) is 21.1. The minimum Gasteiger partial charge on any atom is -0.351 e. The fraction of sp³-hybridized carbons (Fsp3) is 0.381. The summed E-state index contributed by atoms with van der Waals surface area (Å²) in [6.45, 7) is 8.63. The van der Waals surface area contributed by atoms with Crippen molar-refractivity contribution in [1.82, 2.24) is 9.62 Å². The van der Waals surface area contributed by atoms with Crippen LogP contribution in [0.1, 0.15) is 38.8 Å². The normalized spacial score (nSPS) is 12.2. The van der Waals surface area contributed by atoms with E-state index in [0.717, 1.165) is 11.1 Å². The number of nitrogens with zero attached hydrogens (tertiary/aromatic N) is 1. The zero-order valence-corrected chi connectivity index (χ0v) is 17.2. The predicted octanol–water partition coefficient (Wildman–Crippen LogP) is 3.31. The van der Waals surface area contributed by atoms with Gasteiger partial charge in [-0.05, 0) is 37.1 Å². The summed E-state index contributed by atoms with van der Waals surface area (Å²) in [5.41, 5.74) is 1.15. The van der Waals surface area contributed by atoms with Gasteiger partial charge in [-0.15, -0.1) is 0 Å². The second-order valence-electron chi connectivity index (χ2n) is 6.91. The molecule has 0 aliphatic heterocycles. The van der Waals surface area contributed by atoms with Crippen molar-refractivity contribution in [1.29, 1.82) is 0 Å². The highest BCUT2D eigenvalue weighted by molar-refractivity contribution is 7.89. The highest BCUT2D eigenvalue weighted by atomic mass is 32.2. The second kappa shape index (κ2) is 8.67. The largest absolute Gasteiger partial charge is 0.351 e. The van der Waals surface area contributed by atoms with E-state index in [4.69, 9.17) is 0 Å². The third-order valence-electron chi connectivity index (χ3n) is 4.78. The molecule has 146 valence electrons. The quantitative estimate of drug-likeness (QED) is 0.754. The molecule has 0 aliphatic carbocycles. The summed E-state index contributed by atoms with van der Waals surface area (Å²) in [6, 6.07) is 16.3. The Morgan fingerprint density at radius 3 is 2.04 bits per heavy atom. The van der Waals surface area contributed by atoms with E-state index >= 15 is 0 Å². The summed E-state index contributed by atoms with van der Waals surface area (Å²) in [6.07, 6.45) is 0.